The van der Waals surface area contributed by atoms with Crippen LogP contribution in [-0.4, -0.2) is 26.0 Å². The Bertz CT molecular complexity index is 541. The van der Waals surface area contributed by atoms with Gasteiger partial charge in [-0.2, -0.15) is 0 Å². The standard InChI is InChI=1S/C27H44O4/c1-2-3-4-5-6-7-8-9-10-11-12-13-14-15-16-20-23-29-24-25-30-27(28)31-26-21-18-17-19-22-26/h9-10,17-19,21-22H,2-8,11-16,20,23-25H2,1H3/b10-9-. The topological polar surface area (TPSA) is 44.8 Å². The number of para-hydroxylation sites is 1. The van der Waals surface area contributed by atoms with Gasteiger partial charge in [-0.05, 0) is 44.2 Å². The molecule has 0 fully saturated rings. The van der Waals surface area contributed by atoms with Gasteiger partial charge in [-0.3, -0.25) is 0 Å². The zero-order valence-electron chi connectivity index (χ0n) is 19.7. The van der Waals surface area contributed by atoms with E-state index in [0.717, 1.165) is 13.0 Å². The van der Waals surface area contributed by atoms with Crippen molar-refractivity contribution in [3.63, 3.8) is 0 Å². The number of benzene rings is 1. The normalized spacial score (nSPS) is 11.1. The summed E-state index contributed by atoms with van der Waals surface area (Å²) >= 11 is 0. The van der Waals surface area contributed by atoms with Crippen LogP contribution >= 0.6 is 0 Å². The highest BCUT2D eigenvalue weighted by Crippen LogP contribution is 2.10. The van der Waals surface area contributed by atoms with Crippen molar-refractivity contribution in [1.82, 2.24) is 0 Å². The van der Waals surface area contributed by atoms with E-state index in [1.807, 2.05) is 6.07 Å². The van der Waals surface area contributed by atoms with Crippen LogP contribution in [0.1, 0.15) is 96.8 Å². The Hall–Kier alpha value is -1.81. The van der Waals surface area contributed by atoms with Gasteiger partial charge in [0.2, 0.25) is 0 Å². The first-order valence-corrected chi connectivity index (χ1v) is 12.5. The fourth-order valence-corrected chi connectivity index (χ4v) is 3.35. The fraction of sp³-hybridized carbons (Fsp3) is 0.667. The molecule has 0 amide bonds. The summed E-state index contributed by atoms with van der Waals surface area (Å²) in [6.45, 7) is 3.62. The van der Waals surface area contributed by atoms with Gasteiger partial charge in [-0.25, -0.2) is 4.79 Å². The first-order chi connectivity index (χ1) is 15.3. The van der Waals surface area contributed by atoms with Gasteiger partial charge in [0, 0.05) is 6.61 Å². The molecule has 0 aliphatic heterocycles. The Morgan fingerprint density at radius 2 is 1.29 bits per heavy atom. The second kappa shape index (κ2) is 21.4. The van der Waals surface area contributed by atoms with E-state index < -0.39 is 6.16 Å². The van der Waals surface area contributed by atoms with Crippen molar-refractivity contribution >= 4 is 6.16 Å². The van der Waals surface area contributed by atoms with Crippen LogP contribution in [0.25, 0.3) is 0 Å². The second-order valence-corrected chi connectivity index (χ2v) is 8.06. The van der Waals surface area contributed by atoms with Crippen LogP contribution in [0.4, 0.5) is 4.79 Å². The lowest BCUT2D eigenvalue weighted by molar-refractivity contribution is 0.0508. The summed E-state index contributed by atoms with van der Waals surface area (Å²) in [5.74, 6) is 0.484. The maximum atomic E-state index is 11.5. The van der Waals surface area contributed by atoms with Crippen molar-refractivity contribution in [3.8, 4) is 5.75 Å². The van der Waals surface area contributed by atoms with Gasteiger partial charge < -0.3 is 14.2 Å². The molecule has 0 aliphatic carbocycles. The molecule has 4 nitrogen and oxygen atoms in total. The lowest BCUT2D eigenvalue weighted by atomic mass is 10.1. The second-order valence-electron chi connectivity index (χ2n) is 8.06. The molecular weight excluding hydrogens is 388 g/mol. The number of rotatable bonds is 20. The minimum absolute atomic E-state index is 0.220. The smallest absolute Gasteiger partial charge is 0.432 e. The molecule has 0 saturated heterocycles. The summed E-state index contributed by atoms with van der Waals surface area (Å²) in [4.78, 5) is 11.5. The predicted octanol–water partition coefficient (Wildman–Crippen LogP) is 8.26. The van der Waals surface area contributed by atoms with Crippen LogP contribution in [0, 0.1) is 0 Å². The Labute approximate surface area is 190 Å². The Balaban J connectivity index is 1.75. The molecule has 0 bridgehead atoms. The van der Waals surface area contributed by atoms with Crippen LogP contribution < -0.4 is 4.74 Å². The maximum absolute atomic E-state index is 11.5. The molecule has 4 heteroatoms. The molecule has 0 aliphatic rings. The molecule has 0 aromatic heterocycles. The highest BCUT2D eigenvalue weighted by Gasteiger charge is 2.04. The summed E-state index contributed by atoms with van der Waals surface area (Å²) in [6.07, 6.45) is 22.3. The molecule has 0 spiro atoms. The third kappa shape index (κ3) is 18.7. The zero-order valence-corrected chi connectivity index (χ0v) is 19.7. The fourth-order valence-electron chi connectivity index (χ4n) is 3.35. The monoisotopic (exact) mass is 432 g/mol. The number of carbonyl (C=O) groups is 1. The highest BCUT2D eigenvalue weighted by molar-refractivity contribution is 5.63. The number of ether oxygens (including phenoxy) is 3. The SMILES string of the molecule is CCCCCCCC/C=C\CCCCCCCCOCCOC(=O)Oc1ccccc1. The van der Waals surface area contributed by atoms with Gasteiger partial charge in [-0.1, -0.05) is 95.1 Å². The van der Waals surface area contributed by atoms with Crippen molar-refractivity contribution in [2.24, 2.45) is 0 Å². The summed E-state index contributed by atoms with van der Waals surface area (Å²) in [7, 11) is 0. The summed E-state index contributed by atoms with van der Waals surface area (Å²) in [6, 6.07) is 8.90. The quantitative estimate of drug-likeness (QED) is 0.0900. The van der Waals surface area contributed by atoms with E-state index in [1.54, 1.807) is 24.3 Å². The first-order valence-electron chi connectivity index (χ1n) is 12.5. The molecule has 0 N–H and O–H groups in total. The third-order valence-corrected chi connectivity index (χ3v) is 5.19. The molecule has 31 heavy (non-hydrogen) atoms. The molecule has 1 rings (SSSR count). The Morgan fingerprint density at radius 3 is 1.94 bits per heavy atom. The summed E-state index contributed by atoms with van der Waals surface area (Å²) < 4.78 is 15.5. The van der Waals surface area contributed by atoms with E-state index in [9.17, 15) is 4.79 Å². The largest absolute Gasteiger partial charge is 0.513 e. The van der Waals surface area contributed by atoms with E-state index in [1.165, 1.54) is 83.5 Å². The summed E-state index contributed by atoms with van der Waals surface area (Å²) in [5, 5.41) is 0. The average molecular weight is 433 g/mol. The number of hydrogen-bond acceptors (Lipinski definition) is 4. The molecule has 0 radical (unpaired) electrons. The van der Waals surface area contributed by atoms with Crippen LogP contribution in [0.15, 0.2) is 42.5 Å². The lowest BCUT2D eigenvalue weighted by Crippen LogP contribution is -2.14. The summed E-state index contributed by atoms with van der Waals surface area (Å²) in [5.41, 5.74) is 0. The van der Waals surface area contributed by atoms with E-state index in [2.05, 4.69) is 19.1 Å². The number of unbranched alkanes of at least 4 members (excludes halogenated alkanes) is 12. The zero-order chi connectivity index (χ0) is 22.2. The lowest BCUT2D eigenvalue weighted by Gasteiger charge is -2.06. The molecule has 176 valence electrons. The first kappa shape index (κ1) is 27.2. The Kier molecular flexibility index (Phi) is 18.8. The molecule has 1 aromatic rings. The van der Waals surface area contributed by atoms with Gasteiger partial charge in [0.05, 0.1) is 6.61 Å². The van der Waals surface area contributed by atoms with Gasteiger partial charge in [0.25, 0.3) is 0 Å². The van der Waals surface area contributed by atoms with Crippen molar-refractivity contribution in [2.45, 2.75) is 96.8 Å². The third-order valence-electron chi connectivity index (χ3n) is 5.19. The van der Waals surface area contributed by atoms with Crippen molar-refractivity contribution in [1.29, 1.82) is 0 Å². The van der Waals surface area contributed by atoms with Gasteiger partial charge in [0.1, 0.15) is 12.4 Å². The molecule has 0 heterocycles. The van der Waals surface area contributed by atoms with E-state index in [4.69, 9.17) is 14.2 Å². The molecule has 0 saturated carbocycles. The molecule has 0 unspecified atom stereocenters. The predicted molar refractivity (Wildman–Crippen MR) is 129 cm³/mol. The minimum Gasteiger partial charge on any atom is -0.432 e. The molecular formula is C27H44O4. The molecule has 1 aromatic carbocycles. The van der Waals surface area contributed by atoms with Gasteiger partial charge in [-0.15, -0.1) is 0 Å². The van der Waals surface area contributed by atoms with E-state index in [0.29, 0.717) is 12.4 Å². The average Bonchev–Trinajstić information content (AvgIpc) is 2.78. The van der Waals surface area contributed by atoms with Crippen LogP contribution in [-0.2, 0) is 9.47 Å². The molecule has 0 atom stereocenters. The van der Waals surface area contributed by atoms with Crippen LogP contribution in [0.3, 0.4) is 0 Å². The van der Waals surface area contributed by atoms with Crippen molar-refractivity contribution in [3.05, 3.63) is 42.5 Å². The van der Waals surface area contributed by atoms with Crippen molar-refractivity contribution < 1.29 is 19.0 Å². The van der Waals surface area contributed by atoms with Crippen LogP contribution in [0.2, 0.25) is 0 Å². The maximum Gasteiger partial charge on any atom is 0.513 e. The van der Waals surface area contributed by atoms with E-state index in [-0.39, 0.29) is 6.61 Å². The number of hydrogen-bond donors (Lipinski definition) is 0. The van der Waals surface area contributed by atoms with Gasteiger partial charge in [0.15, 0.2) is 0 Å². The van der Waals surface area contributed by atoms with E-state index >= 15 is 0 Å². The minimum atomic E-state index is -0.688. The van der Waals surface area contributed by atoms with Crippen LogP contribution in [0.5, 0.6) is 5.75 Å². The highest BCUT2D eigenvalue weighted by atomic mass is 16.7. The number of allylic oxidation sites excluding steroid dienone is 2. The van der Waals surface area contributed by atoms with Gasteiger partial charge >= 0.3 is 6.16 Å². The Morgan fingerprint density at radius 1 is 0.710 bits per heavy atom. The van der Waals surface area contributed by atoms with Crippen molar-refractivity contribution in [2.75, 3.05) is 19.8 Å². The number of carbonyl (C=O) groups excluding carboxylic acids is 1.